The van der Waals surface area contributed by atoms with Crippen LogP contribution in [-0.2, 0) is 16.0 Å². The molecule has 0 bridgehead atoms. The second-order valence-electron chi connectivity index (χ2n) is 9.02. The molecule has 0 fully saturated rings. The fourth-order valence-electron chi connectivity index (χ4n) is 5.04. The molecule has 0 saturated carbocycles. The van der Waals surface area contributed by atoms with Gasteiger partial charge in [-0.25, -0.2) is 9.59 Å². The quantitative estimate of drug-likeness (QED) is 0.549. The van der Waals surface area contributed by atoms with E-state index in [4.69, 9.17) is 4.74 Å². The molecule has 7 heteroatoms. The van der Waals surface area contributed by atoms with Gasteiger partial charge in [0.25, 0.3) is 0 Å². The van der Waals surface area contributed by atoms with E-state index in [1.54, 1.807) is 24.0 Å². The number of carbonyl (C=O) groups excluding carboxylic acids is 2. The summed E-state index contributed by atoms with van der Waals surface area (Å²) in [7, 11) is 0. The molecule has 35 heavy (non-hydrogen) atoms. The van der Waals surface area contributed by atoms with Crippen LogP contribution in [0.25, 0.3) is 11.1 Å². The Morgan fingerprint density at radius 3 is 2.34 bits per heavy atom. The van der Waals surface area contributed by atoms with E-state index in [0.29, 0.717) is 18.7 Å². The van der Waals surface area contributed by atoms with E-state index in [9.17, 15) is 19.5 Å². The molecule has 0 aromatic heterocycles. The van der Waals surface area contributed by atoms with Gasteiger partial charge in [-0.3, -0.25) is 4.79 Å². The molecule has 1 aliphatic carbocycles. The molecule has 5 rings (SSSR count). The van der Waals surface area contributed by atoms with Gasteiger partial charge < -0.3 is 20.1 Å². The molecule has 2 aliphatic rings. The standard InChI is InChI=1S/C28H26N2O5/c1-17(14-26(31)30-13-12-18-10-11-19(27(32)33)15-25(18)30)29-28(34)35-16-24-22-8-4-2-6-20(22)21-7-3-5-9-23(21)24/h2-11,15,17,24H,12-14,16H2,1H3,(H,29,34)(H,32,33)/t17-/m1/s1. The van der Waals surface area contributed by atoms with Crippen molar-refractivity contribution >= 4 is 23.7 Å². The SMILES string of the molecule is C[C@H](CC(=O)N1CCc2ccc(C(=O)O)cc21)NC(=O)OCC1c2ccccc2-c2ccccc21. The molecule has 2 N–H and O–H groups in total. The highest BCUT2D eigenvalue weighted by Crippen LogP contribution is 2.44. The van der Waals surface area contributed by atoms with Crippen LogP contribution in [0.5, 0.6) is 0 Å². The monoisotopic (exact) mass is 470 g/mol. The molecule has 3 aromatic carbocycles. The topological polar surface area (TPSA) is 95.9 Å². The summed E-state index contributed by atoms with van der Waals surface area (Å²) in [5.74, 6) is -1.23. The number of carbonyl (C=O) groups is 3. The molecule has 1 atom stereocenters. The van der Waals surface area contributed by atoms with Gasteiger partial charge in [0.05, 0.1) is 5.56 Å². The normalized spacial score (nSPS) is 14.6. The molecule has 0 spiro atoms. The highest BCUT2D eigenvalue weighted by molar-refractivity contribution is 5.98. The van der Waals surface area contributed by atoms with Crippen molar-refractivity contribution in [3.63, 3.8) is 0 Å². The summed E-state index contributed by atoms with van der Waals surface area (Å²) in [5, 5.41) is 12.0. The number of anilines is 1. The third-order valence-corrected chi connectivity index (χ3v) is 6.72. The zero-order chi connectivity index (χ0) is 24.5. The maximum absolute atomic E-state index is 12.9. The molecule has 0 saturated heterocycles. The number of fused-ring (bicyclic) bond motifs is 4. The lowest BCUT2D eigenvalue weighted by molar-refractivity contribution is -0.118. The summed E-state index contributed by atoms with van der Waals surface area (Å²) >= 11 is 0. The summed E-state index contributed by atoms with van der Waals surface area (Å²) < 4.78 is 5.58. The summed E-state index contributed by atoms with van der Waals surface area (Å²) in [6, 6.07) is 20.7. The van der Waals surface area contributed by atoms with Gasteiger partial charge in [-0.1, -0.05) is 54.6 Å². The van der Waals surface area contributed by atoms with Crippen LogP contribution < -0.4 is 10.2 Å². The van der Waals surface area contributed by atoms with E-state index in [1.165, 1.54) is 6.07 Å². The van der Waals surface area contributed by atoms with Crippen LogP contribution in [0, 0.1) is 0 Å². The average Bonchev–Trinajstić information content (AvgIpc) is 3.41. The zero-order valence-electron chi connectivity index (χ0n) is 19.4. The molecule has 2 amide bonds. The number of amides is 2. The molecule has 7 nitrogen and oxygen atoms in total. The predicted molar refractivity (Wildman–Crippen MR) is 132 cm³/mol. The number of hydrogen-bond donors (Lipinski definition) is 2. The van der Waals surface area contributed by atoms with Crippen LogP contribution in [0.4, 0.5) is 10.5 Å². The number of benzene rings is 3. The highest BCUT2D eigenvalue weighted by atomic mass is 16.5. The van der Waals surface area contributed by atoms with Gasteiger partial charge in [-0.15, -0.1) is 0 Å². The van der Waals surface area contributed by atoms with Gasteiger partial charge in [0, 0.05) is 30.6 Å². The number of hydrogen-bond acceptors (Lipinski definition) is 4. The van der Waals surface area contributed by atoms with Crippen molar-refractivity contribution in [2.24, 2.45) is 0 Å². The molecular weight excluding hydrogens is 444 g/mol. The van der Waals surface area contributed by atoms with Crippen LogP contribution in [0.3, 0.4) is 0 Å². The lowest BCUT2D eigenvalue weighted by atomic mass is 9.98. The van der Waals surface area contributed by atoms with Gasteiger partial charge >= 0.3 is 12.1 Å². The Morgan fingerprint density at radius 1 is 1.03 bits per heavy atom. The number of aromatic carboxylic acids is 1. The van der Waals surface area contributed by atoms with E-state index in [-0.39, 0.29) is 30.4 Å². The minimum absolute atomic E-state index is 0.0328. The maximum Gasteiger partial charge on any atom is 0.407 e. The van der Waals surface area contributed by atoms with Crippen LogP contribution in [0.1, 0.15) is 46.3 Å². The van der Waals surface area contributed by atoms with E-state index >= 15 is 0 Å². The summed E-state index contributed by atoms with van der Waals surface area (Å²) in [6.45, 7) is 2.46. The Labute approximate surface area is 203 Å². The van der Waals surface area contributed by atoms with E-state index in [0.717, 1.165) is 27.8 Å². The fourth-order valence-corrected chi connectivity index (χ4v) is 5.04. The van der Waals surface area contributed by atoms with E-state index in [1.807, 2.05) is 24.3 Å². The number of carboxylic acid groups (broad SMARTS) is 1. The Bertz CT molecular complexity index is 1270. The first-order valence-electron chi connectivity index (χ1n) is 11.7. The van der Waals surface area contributed by atoms with Gasteiger partial charge in [0.15, 0.2) is 0 Å². The van der Waals surface area contributed by atoms with Crippen LogP contribution in [0.2, 0.25) is 0 Å². The molecule has 3 aromatic rings. The Morgan fingerprint density at radius 2 is 1.69 bits per heavy atom. The Hall–Kier alpha value is -4.13. The number of nitrogens with one attached hydrogen (secondary N) is 1. The highest BCUT2D eigenvalue weighted by Gasteiger charge is 2.30. The smallest absolute Gasteiger partial charge is 0.407 e. The van der Waals surface area contributed by atoms with Gasteiger partial charge in [0.2, 0.25) is 5.91 Å². The first-order valence-corrected chi connectivity index (χ1v) is 11.7. The van der Waals surface area contributed by atoms with E-state index < -0.39 is 18.1 Å². The van der Waals surface area contributed by atoms with Crippen LogP contribution in [0.15, 0.2) is 66.7 Å². The lowest BCUT2D eigenvalue weighted by Gasteiger charge is -2.21. The number of rotatable bonds is 6. The molecular formula is C28H26N2O5. The molecule has 1 heterocycles. The first-order chi connectivity index (χ1) is 16.9. The first kappa shape index (κ1) is 22.7. The van der Waals surface area contributed by atoms with Gasteiger partial charge in [-0.05, 0) is 53.3 Å². The van der Waals surface area contributed by atoms with Crippen molar-refractivity contribution in [2.45, 2.75) is 31.7 Å². The van der Waals surface area contributed by atoms with E-state index in [2.05, 4.69) is 29.6 Å². The van der Waals surface area contributed by atoms with Crippen molar-refractivity contribution < 1.29 is 24.2 Å². The number of nitrogens with zero attached hydrogens (tertiary/aromatic N) is 1. The third kappa shape index (κ3) is 4.37. The Balaban J connectivity index is 1.18. The van der Waals surface area contributed by atoms with Crippen LogP contribution in [-0.4, -0.2) is 42.3 Å². The van der Waals surface area contributed by atoms with Crippen molar-refractivity contribution in [3.05, 3.63) is 89.0 Å². The van der Waals surface area contributed by atoms with Crippen molar-refractivity contribution in [1.82, 2.24) is 5.32 Å². The molecule has 0 unspecified atom stereocenters. The average molecular weight is 471 g/mol. The van der Waals surface area contributed by atoms with Crippen molar-refractivity contribution in [1.29, 1.82) is 0 Å². The van der Waals surface area contributed by atoms with Crippen molar-refractivity contribution in [2.75, 3.05) is 18.1 Å². The van der Waals surface area contributed by atoms with Crippen molar-refractivity contribution in [3.8, 4) is 11.1 Å². The zero-order valence-corrected chi connectivity index (χ0v) is 19.4. The number of alkyl carbamates (subject to hydrolysis) is 1. The summed E-state index contributed by atoms with van der Waals surface area (Å²) in [5.41, 5.74) is 6.31. The third-order valence-electron chi connectivity index (χ3n) is 6.72. The second kappa shape index (κ2) is 9.25. The number of carboxylic acids is 1. The maximum atomic E-state index is 12.9. The second-order valence-corrected chi connectivity index (χ2v) is 9.02. The van der Waals surface area contributed by atoms with Gasteiger partial charge in [-0.2, -0.15) is 0 Å². The van der Waals surface area contributed by atoms with Crippen LogP contribution >= 0.6 is 0 Å². The summed E-state index contributed by atoms with van der Waals surface area (Å²) in [4.78, 5) is 38.3. The lowest BCUT2D eigenvalue weighted by Crippen LogP contribution is -2.39. The molecule has 1 aliphatic heterocycles. The predicted octanol–water partition coefficient (Wildman–Crippen LogP) is 4.59. The summed E-state index contributed by atoms with van der Waals surface area (Å²) in [6.07, 6.45) is 0.193. The fraction of sp³-hybridized carbons (Fsp3) is 0.250. The minimum atomic E-state index is -1.03. The molecule has 0 radical (unpaired) electrons. The Kier molecular flexibility index (Phi) is 5.99. The number of ether oxygens (including phenoxy) is 1. The van der Waals surface area contributed by atoms with Gasteiger partial charge in [0.1, 0.15) is 6.61 Å². The largest absolute Gasteiger partial charge is 0.478 e. The minimum Gasteiger partial charge on any atom is -0.478 e. The molecule has 178 valence electrons.